The van der Waals surface area contributed by atoms with Crippen molar-refractivity contribution in [2.75, 3.05) is 0 Å². The van der Waals surface area contributed by atoms with Gasteiger partial charge in [0.1, 0.15) is 0 Å². The molecule has 3 aromatic rings. The lowest BCUT2D eigenvalue weighted by Crippen LogP contribution is -1.90. The van der Waals surface area contributed by atoms with Gasteiger partial charge in [0.05, 0.1) is 10.8 Å². The van der Waals surface area contributed by atoms with Crippen molar-refractivity contribution in [1.82, 2.24) is 25.3 Å². The third kappa shape index (κ3) is 3.33. The van der Waals surface area contributed by atoms with Crippen molar-refractivity contribution in [1.29, 1.82) is 0 Å². The second-order valence-corrected chi connectivity index (χ2v) is 5.97. The summed E-state index contributed by atoms with van der Waals surface area (Å²) in [4.78, 5) is 8.39. The Morgan fingerprint density at radius 2 is 2.23 bits per heavy atom. The zero-order valence-electron chi connectivity index (χ0n) is 12.3. The molecule has 0 N–H and O–H groups in total. The summed E-state index contributed by atoms with van der Waals surface area (Å²) in [7, 11) is 0. The van der Waals surface area contributed by atoms with Crippen LogP contribution in [0.15, 0.2) is 38.7 Å². The van der Waals surface area contributed by atoms with E-state index in [1.807, 2.05) is 19.1 Å². The van der Waals surface area contributed by atoms with E-state index in [-0.39, 0.29) is 5.25 Å². The second-order valence-electron chi connectivity index (χ2n) is 4.67. The van der Waals surface area contributed by atoms with Gasteiger partial charge in [-0.15, -0.1) is 10.2 Å². The molecule has 0 unspecified atom stereocenters. The predicted octanol–water partition coefficient (Wildman–Crippen LogP) is 3.32. The fourth-order valence-corrected chi connectivity index (χ4v) is 2.54. The van der Waals surface area contributed by atoms with Crippen LogP contribution in [0.3, 0.4) is 0 Å². The van der Waals surface area contributed by atoms with Crippen molar-refractivity contribution in [2.24, 2.45) is 0 Å². The smallest absolute Gasteiger partial charge is 0.277 e. The van der Waals surface area contributed by atoms with Crippen LogP contribution in [0.1, 0.15) is 37.2 Å². The van der Waals surface area contributed by atoms with E-state index in [1.165, 1.54) is 11.8 Å². The van der Waals surface area contributed by atoms with E-state index in [1.54, 1.807) is 12.4 Å². The van der Waals surface area contributed by atoms with Crippen LogP contribution in [0.5, 0.6) is 0 Å². The minimum atomic E-state index is -0.0553. The molecule has 0 aliphatic rings. The molecule has 3 rings (SSSR count). The zero-order chi connectivity index (χ0) is 15.4. The topological polar surface area (TPSA) is 90.7 Å². The van der Waals surface area contributed by atoms with Crippen LogP contribution in [-0.2, 0) is 6.42 Å². The molecule has 0 spiro atoms. The molecule has 8 heteroatoms. The van der Waals surface area contributed by atoms with Crippen molar-refractivity contribution in [3.05, 3.63) is 36.2 Å². The molecule has 0 fully saturated rings. The molecule has 0 aliphatic heterocycles. The first-order chi connectivity index (χ1) is 10.8. The predicted molar refractivity (Wildman–Crippen MR) is 80.1 cm³/mol. The summed E-state index contributed by atoms with van der Waals surface area (Å²) in [6, 6.07) is 3.69. The van der Waals surface area contributed by atoms with Crippen molar-refractivity contribution in [3.63, 3.8) is 0 Å². The van der Waals surface area contributed by atoms with Gasteiger partial charge in [-0.25, -0.2) is 0 Å². The summed E-state index contributed by atoms with van der Waals surface area (Å²) in [5.41, 5.74) is 0.789. The van der Waals surface area contributed by atoms with Crippen LogP contribution in [0.25, 0.3) is 11.5 Å². The molecular formula is C14H15N5O2S. The molecule has 22 heavy (non-hydrogen) atoms. The van der Waals surface area contributed by atoms with E-state index >= 15 is 0 Å². The van der Waals surface area contributed by atoms with Crippen LogP contribution >= 0.6 is 11.8 Å². The summed E-state index contributed by atoms with van der Waals surface area (Å²) in [6.07, 6.45) is 5.17. The second kappa shape index (κ2) is 6.69. The van der Waals surface area contributed by atoms with Gasteiger partial charge in [-0.1, -0.05) is 23.8 Å². The Morgan fingerprint density at radius 3 is 3.00 bits per heavy atom. The Labute approximate surface area is 131 Å². The van der Waals surface area contributed by atoms with Crippen LogP contribution in [0.2, 0.25) is 0 Å². The van der Waals surface area contributed by atoms with E-state index in [2.05, 4.69) is 32.2 Å². The maximum Gasteiger partial charge on any atom is 0.277 e. The minimum Gasteiger partial charge on any atom is -0.411 e. The van der Waals surface area contributed by atoms with Gasteiger partial charge >= 0.3 is 0 Å². The fraction of sp³-hybridized carbons (Fsp3) is 0.357. The number of aryl methyl sites for hydroxylation is 1. The molecule has 0 saturated carbocycles. The van der Waals surface area contributed by atoms with E-state index < -0.39 is 0 Å². The molecule has 3 aromatic heterocycles. The summed E-state index contributed by atoms with van der Waals surface area (Å²) < 4.78 is 10.9. The molecular weight excluding hydrogens is 302 g/mol. The zero-order valence-corrected chi connectivity index (χ0v) is 13.1. The Hall–Kier alpha value is -2.22. The summed E-state index contributed by atoms with van der Waals surface area (Å²) in [5, 5.41) is 12.4. The average Bonchev–Trinajstić information content (AvgIpc) is 3.18. The fourth-order valence-electron chi connectivity index (χ4n) is 1.82. The molecule has 3 heterocycles. The summed E-state index contributed by atoms with van der Waals surface area (Å²) >= 11 is 1.39. The molecule has 7 nitrogen and oxygen atoms in total. The first-order valence-corrected chi connectivity index (χ1v) is 7.87. The monoisotopic (exact) mass is 317 g/mol. The van der Waals surface area contributed by atoms with E-state index in [0.717, 1.165) is 24.2 Å². The number of thioether (sulfide) groups is 1. The highest BCUT2D eigenvalue weighted by atomic mass is 32.2. The van der Waals surface area contributed by atoms with Crippen molar-refractivity contribution in [2.45, 2.75) is 37.2 Å². The third-order valence-corrected chi connectivity index (χ3v) is 3.82. The van der Waals surface area contributed by atoms with Crippen LogP contribution in [-0.4, -0.2) is 25.3 Å². The highest BCUT2D eigenvalue weighted by molar-refractivity contribution is 7.99. The van der Waals surface area contributed by atoms with Crippen molar-refractivity contribution in [3.8, 4) is 11.5 Å². The summed E-state index contributed by atoms with van der Waals surface area (Å²) in [6.45, 7) is 4.04. The van der Waals surface area contributed by atoms with Gasteiger partial charge in [0.15, 0.2) is 5.82 Å². The Bertz CT molecular complexity index is 728. The maximum absolute atomic E-state index is 5.63. The van der Waals surface area contributed by atoms with Crippen LogP contribution < -0.4 is 0 Å². The highest BCUT2D eigenvalue weighted by Gasteiger charge is 2.19. The molecule has 0 saturated heterocycles. The Balaban J connectivity index is 1.69. The largest absolute Gasteiger partial charge is 0.411 e. The highest BCUT2D eigenvalue weighted by Crippen LogP contribution is 2.34. The number of rotatable bonds is 6. The van der Waals surface area contributed by atoms with Gasteiger partial charge in [0.25, 0.3) is 5.22 Å². The lowest BCUT2D eigenvalue weighted by Gasteiger charge is -2.00. The van der Waals surface area contributed by atoms with Crippen LogP contribution in [0, 0.1) is 0 Å². The maximum atomic E-state index is 5.63. The Morgan fingerprint density at radius 1 is 1.32 bits per heavy atom. The standard InChI is InChI=1S/C14H15N5O2S/c1-3-5-11-16-12(21-19-11)9(2)22-14-18-17-13(20-14)10-6-4-7-15-8-10/h4,6-9H,3,5H2,1-2H3/t9-/m0/s1. The number of hydrogen-bond donors (Lipinski definition) is 0. The molecule has 0 aromatic carbocycles. The molecule has 114 valence electrons. The number of pyridine rings is 1. The minimum absolute atomic E-state index is 0.0553. The van der Waals surface area contributed by atoms with Gasteiger partial charge in [-0.2, -0.15) is 4.98 Å². The van der Waals surface area contributed by atoms with E-state index in [0.29, 0.717) is 17.0 Å². The first kappa shape index (κ1) is 14.7. The van der Waals surface area contributed by atoms with Crippen molar-refractivity contribution >= 4 is 11.8 Å². The molecule has 1 atom stereocenters. The number of hydrogen-bond acceptors (Lipinski definition) is 8. The van der Waals surface area contributed by atoms with Crippen molar-refractivity contribution < 1.29 is 8.94 Å². The number of nitrogens with zero attached hydrogens (tertiary/aromatic N) is 5. The van der Waals surface area contributed by atoms with Gasteiger partial charge in [-0.3, -0.25) is 4.98 Å². The summed E-state index contributed by atoms with van der Waals surface area (Å²) in [5.74, 6) is 1.74. The molecule has 0 radical (unpaired) electrons. The Kier molecular flexibility index (Phi) is 4.47. The van der Waals surface area contributed by atoms with Gasteiger partial charge in [0, 0.05) is 18.8 Å². The van der Waals surface area contributed by atoms with Crippen LogP contribution in [0.4, 0.5) is 0 Å². The number of aromatic nitrogens is 5. The van der Waals surface area contributed by atoms with Gasteiger partial charge in [-0.05, 0) is 25.5 Å². The first-order valence-electron chi connectivity index (χ1n) is 6.99. The molecule has 0 amide bonds. The third-order valence-electron chi connectivity index (χ3n) is 2.90. The van der Waals surface area contributed by atoms with Gasteiger partial charge < -0.3 is 8.94 Å². The lowest BCUT2D eigenvalue weighted by molar-refractivity contribution is 0.373. The van der Waals surface area contributed by atoms with Gasteiger partial charge in [0.2, 0.25) is 11.8 Å². The average molecular weight is 317 g/mol. The van der Waals surface area contributed by atoms with E-state index in [9.17, 15) is 0 Å². The normalized spacial score (nSPS) is 12.5. The molecule has 0 aliphatic carbocycles. The SMILES string of the molecule is CCCc1noc([C@H](C)Sc2nnc(-c3cccnc3)o2)n1. The molecule has 0 bridgehead atoms. The van der Waals surface area contributed by atoms with E-state index in [4.69, 9.17) is 8.94 Å². The quantitative estimate of drug-likeness (QED) is 0.639. The lowest BCUT2D eigenvalue weighted by atomic mass is 10.3.